The second kappa shape index (κ2) is 3.44. The molecule has 0 saturated carbocycles. The fraction of sp³-hybridized carbons (Fsp3) is 0.500. The zero-order valence-corrected chi connectivity index (χ0v) is 6.70. The molecular weight excluding hydrogens is 142 g/mol. The van der Waals surface area contributed by atoms with Crippen molar-refractivity contribution in [1.82, 2.24) is 0 Å². The normalized spacial score (nSPS) is 23.6. The molecule has 0 saturated heterocycles. The molecule has 3 heteroatoms. The summed E-state index contributed by atoms with van der Waals surface area (Å²) >= 11 is 0. The van der Waals surface area contributed by atoms with Crippen LogP contribution in [0.15, 0.2) is 17.3 Å². The minimum atomic E-state index is -0.440. The smallest absolute Gasteiger partial charge is 0.191 e. The molecule has 1 atom stereocenters. The Hall–Kier alpha value is -0.960. The van der Waals surface area contributed by atoms with E-state index in [2.05, 4.69) is 4.99 Å². The first-order valence-electron chi connectivity index (χ1n) is 3.59. The number of aliphatic imine (C=N–C) groups is 1. The van der Waals surface area contributed by atoms with Crippen LogP contribution in [-0.2, 0) is 9.53 Å². The van der Waals surface area contributed by atoms with Crippen molar-refractivity contribution in [3.8, 4) is 0 Å². The van der Waals surface area contributed by atoms with Crippen molar-refractivity contribution in [2.24, 2.45) is 4.99 Å². The van der Waals surface area contributed by atoms with E-state index >= 15 is 0 Å². The van der Waals surface area contributed by atoms with E-state index in [4.69, 9.17) is 4.74 Å². The van der Waals surface area contributed by atoms with Crippen molar-refractivity contribution in [3.63, 3.8) is 0 Å². The van der Waals surface area contributed by atoms with E-state index in [0.717, 1.165) is 12.1 Å². The average molecular weight is 153 g/mol. The fourth-order valence-corrected chi connectivity index (χ4v) is 1.05. The molecule has 0 N–H and O–H groups in total. The molecule has 3 nitrogen and oxygen atoms in total. The molecule has 1 unspecified atom stereocenters. The van der Waals surface area contributed by atoms with Gasteiger partial charge in [-0.2, -0.15) is 0 Å². The Balaban J connectivity index is 2.81. The molecule has 0 fully saturated rings. The minimum Gasteiger partial charge on any atom is -0.367 e. The van der Waals surface area contributed by atoms with Crippen molar-refractivity contribution in [3.05, 3.63) is 12.3 Å². The number of hydrogen-bond donors (Lipinski definition) is 0. The van der Waals surface area contributed by atoms with Gasteiger partial charge < -0.3 is 4.74 Å². The first-order valence-corrected chi connectivity index (χ1v) is 3.59. The molecule has 0 spiro atoms. The zero-order valence-electron chi connectivity index (χ0n) is 6.70. The van der Waals surface area contributed by atoms with Crippen LogP contribution in [0, 0.1) is 0 Å². The number of carbonyl (C=O) groups is 1. The number of hydrogen-bond acceptors (Lipinski definition) is 3. The van der Waals surface area contributed by atoms with Crippen LogP contribution in [0.3, 0.4) is 0 Å². The van der Waals surface area contributed by atoms with Gasteiger partial charge in [0.25, 0.3) is 0 Å². The Bertz CT molecular complexity index is 218. The third kappa shape index (κ3) is 1.54. The third-order valence-corrected chi connectivity index (χ3v) is 1.64. The predicted octanol–water partition coefficient (Wildman–Crippen LogP) is 0.949. The van der Waals surface area contributed by atoms with E-state index in [1.807, 2.05) is 6.92 Å². The van der Waals surface area contributed by atoms with E-state index in [9.17, 15) is 4.79 Å². The maximum Gasteiger partial charge on any atom is 0.191 e. The molecule has 0 aliphatic carbocycles. The third-order valence-electron chi connectivity index (χ3n) is 1.64. The summed E-state index contributed by atoms with van der Waals surface area (Å²) in [4.78, 5) is 15.1. The van der Waals surface area contributed by atoms with Gasteiger partial charge in [0.2, 0.25) is 0 Å². The Kier molecular flexibility index (Phi) is 2.54. The number of carbonyl (C=O) groups excluding carboxylic acids is 1. The highest BCUT2D eigenvalue weighted by molar-refractivity contribution is 6.14. The van der Waals surface area contributed by atoms with Crippen LogP contribution in [-0.4, -0.2) is 24.7 Å². The number of nitrogens with zero attached hydrogens (tertiary/aromatic N) is 1. The highest BCUT2D eigenvalue weighted by Gasteiger charge is 2.22. The van der Waals surface area contributed by atoms with E-state index < -0.39 is 6.10 Å². The van der Waals surface area contributed by atoms with E-state index in [0.29, 0.717) is 0 Å². The lowest BCUT2D eigenvalue weighted by molar-refractivity contribution is -0.120. The molecule has 1 rings (SSSR count). The van der Waals surface area contributed by atoms with Gasteiger partial charge in [0.1, 0.15) is 0 Å². The molecule has 0 amide bonds. The average Bonchev–Trinajstić information content (AvgIpc) is 2.04. The Labute approximate surface area is 65.8 Å². The zero-order chi connectivity index (χ0) is 8.27. The van der Waals surface area contributed by atoms with Gasteiger partial charge in [-0.1, -0.05) is 6.92 Å². The first-order chi connectivity index (χ1) is 5.29. The first kappa shape index (κ1) is 8.14. The summed E-state index contributed by atoms with van der Waals surface area (Å²) in [6.45, 7) is 1.96. The van der Waals surface area contributed by atoms with Gasteiger partial charge in [-0.05, 0) is 6.42 Å². The van der Waals surface area contributed by atoms with Gasteiger partial charge in [-0.3, -0.25) is 9.79 Å². The number of rotatable bonds is 2. The standard InChI is InChI=1S/C8H11NO2/c1-3-6-8(11-2)7(10)4-5-9-6/h4-5,8H,3H2,1-2H3. The number of ether oxygens (including phenoxy) is 1. The number of ketones is 1. The lowest BCUT2D eigenvalue weighted by atomic mass is 10.1. The van der Waals surface area contributed by atoms with Crippen molar-refractivity contribution in [1.29, 1.82) is 0 Å². The SMILES string of the molecule is CCC1=NC=CC(=O)C1OC. The lowest BCUT2D eigenvalue weighted by Gasteiger charge is -2.15. The van der Waals surface area contributed by atoms with Gasteiger partial charge in [0.05, 0.1) is 5.71 Å². The predicted molar refractivity (Wildman–Crippen MR) is 42.7 cm³/mol. The van der Waals surface area contributed by atoms with Crippen molar-refractivity contribution >= 4 is 11.5 Å². The van der Waals surface area contributed by atoms with E-state index in [1.54, 1.807) is 0 Å². The molecule has 0 bridgehead atoms. The van der Waals surface area contributed by atoms with Crippen molar-refractivity contribution in [2.75, 3.05) is 7.11 Å². The van der Waals surface area contributed by atoms with Crippen molar-refractivity contribution < 1.29 is 9.53 Å². The van der Waals surface area contributed by atoms with Crippen LogP contribution in [0.1, 0.15) is 13.3 Å². The Morgan fingerprint density at radius 2 is 2.45 bits per heavy atom. The highest BCUT2D eigenvalue weighted by atomic mass is 16.5. The highest BCUT2D eigenvalue weighted by Crippen LogP contribution is 2.06. The summed E-state index contributed by atoms with van der Waals surface area (Å²) in [5.74, 6) is -0.0145. The van der Waals surface area contributed by atoms with Crippen LogP contribution in [0.5, 0.6) is 0 Å². The minimum absolute atomic E-state index is 0.0145. The summed E-state index contributed by atoms with van der Waals surface area (Å²) in [6, 6.07) is 0. The summed E-state index contributed by atoms with van der Waals surface area (Å²) in [7, 11) is 1.52. The molecule has 60 valence electrons. The van der Waals surface area contributed by atoms with Crippen LogP contribution in [0.4, 0.5) is 0 Å². The largest absolute Gasteiger partial charge is 0.367 e. The van der Waals surface area contributed by atoms with Crippen LogP contribution in [0.2, 0.25) is 0 Å². The molecular formula is C8H11NO2. The molecule has 0 radical (unpaired) electrons. The number of methoxy groups -OCH3 is 1. The summed E-state index contributed by atoms with van der Waals surface area (Å²) in [5.41, 5.74) is 0.806. The van der Waals surface area contributed by atoms with Crippen LogP contribution in [0.25, 0.3) is 0 Å². The summed E-state index contributed by atoms with van der Waals surface area (Å²) in [6.07, 6.45) is 3.28. The van der Waals surface area contributed by atoms with Crippen LogP contribution < -0.4 is 0 Å². The van der Waals surface area contributed by atoms with E-state index in [1.165, 1.54) is 19.4 Å². The van der Waals surface area contributed by atoms with Gasteiger partial charge in [-0.25, -0.2) is 0 Å². The summed E-state index contributed by atoms with van der Waals surface area (Å²) in [5, 5.41) is 0. The van der Waals surface area contributed by atoms with Gasteiger partial charge in [0.15, 0.2) is 11.9 Å². The second-order valence-electron chi connectivity index (χ2n) is 2.31. The van der Waals surface area contributed by atoms with Gasteiger partial charge in [-0.15, -0.1) is 0 Å². The fourth-order valence-electron chi connectivity index (χ4n) is 1.05. The molecule has 0 aromatic heterocycles. The molecule has 1 heterocycles. The molecule has 0 aromatic carbocycles. The monoisotopic (exact) mass is 153 g/mol. The second-order valence-corrected chi connectivity index (χ2v) is 2.31. The van der Waals surface area contributed by atoms with Crippen LogP contribution >= 0.6 is 0 Å². The summed E-state index contributed by atoms with van der Waals surface area (Å²) < 4.78 is 4.98. The molecule has 1 aliphatic heterocycles. The lowest BCUT2D eigenvalue weighted by Crippen LogP contribution is -2.32. The van der Waals surface area contributed by atoms with Gasteiger partial charge in [0, 0.05) is 19.4 Å². The van der Waals surface area contributed by atoms with Crippen molar-refractivity contribution in [2.45, 2.75) is 19.4 Å². The van der Waals surface area contributed by atoms with E-state index in [-0.39, 0.29) is 5.78 Å². The van der Waals surface area contributed by atoms with Gasteiger partial charge >= 0.3 is 0 Å². The quantitative estimate of drug-likeness (QED) is 0.592. The topological polar surface area (TPSA) is 38.7 Å². The maximum atomic E-state index is 11.1. The Morgan fingerprint density at radius 1 is 1.73 bits per heavy atom. The molecule has 1 aliphatic rings. The molecule has 0 aromatic rings. The Morgan fingerprint density at radius 3 is 2.91 bits per heavy atom. The maximum absolute atomic E-state index is 11.1. The molecule has 11 heavy (non-hydrogen) atoms.